The molecule has 108 valence electrons. The second-order valence-electron chi connectivity index (χ2n) is 5.06. The minimum atomic E-state index is 0.213. The summed E-state index contributed by atoms with van der Waals surface area (Å²) in [6.45, 7) is 4.64. The zero-order chi connectivity index (χ0) is 14.8. The van der Waals surface area contributed by atoms with Crippen molar-refractivity contribution in [2.45, 2.75) is 20.3 Å². The van der Waals surface area contributed by atoms with E-state index in [9.17, 15) is 5.11 Å². The summed E-state index contributed by atoms with van der Waals surface area (Å²) in [5.74, 6) is 1.93. The SMILES string of the molecule is CCOc1ccc(Cc2nc3c(O)ccc(C)c3[nH]2)cc1. The van der Waals surface area contributed by atoms with E-state index in [4.69, 9.17) is 4.74 Å². The first-order chi connectivity index (χ1) is 10.2. The summed E-state index contributed by atoms with van der Waals surface area (Å²) in [5, 5.41) is 9.87. The number of aromatic hydroxyl groups is 1. The molecule has 0 amide bonds. The van der Waals surface area contributed by atoms with Gasteiger partial charge in [-0.1, -0.05) is 18.2 Å². The van der Waals surface area contributed by atoms with Gasteiger partial charge in [-0.15, -0.1) is 0 Å². The molecule has 0 atom stereocenters. The van der Waals surface area contributed by atoms with Crippen LogP contribution in [0, 0.1) is 6.92 Å². The third kappa shape index (κ3) is 2.70. The van der Waals surface area contributed by atoms with Crippen LogP contribution in [0.1, 0.15) is 23.9 Å². The molecular formula is C17H18N2O2. The average Bonchev–Trinajstić information content (AvgIpc) is 2.91. The van der Waals surface area contributed by atoms with E-state index >= 15 is 0 Å². The van der Waals surface area contributed by atoms with E-state index < -0.39 is 0 Å². The number of ether oxygens (including phenoxy) is 1. The topological polar surface area (TPSA) is 58.1 Å². The highest BCUT2D eigenvalue weighted by Gasteiger charge is 2.09. The fraction of sp³-hybridized carbons (Fsp3) is 0.235. The lowest BCUT2D eigenvalue weighted by Gasteiger charge is -2.03. The highest BCUT2D eigenvalue weighted by molar-refractivity contribution is 5.84. The zero-order valence-corrected chi connectivity index (χ0v) is 12.2. The van der Waals surface area contributed by atoms with Crippen LogP contribution in [0.15, 0.2) is 36.4 Å². The van der Waals surface area contributed by atoms with Crippen LogP contribution in [0.5, 0.6) is 11.5 Å². The molecular weight excluding hydrogens is 264 g/mol. The van der Waals surface area contributed by atoms with Gasteiger partial charge in [-0.25, -0.2) is 4.98 Å². The lowest BCUT2D eigenvalue weighted by atomic mass is 10.1. The number of H-pyrrole nitrogens is 1. The Morgan fingerprint density at radius 2 is 1.90 bits per heavy atom. The fourth-order valence-electron chi connectivity index (χ4n) is 2.41. The number of benzene rings is 2. The van der Waals surface area contributed by atoms with E-state index in [2.05, 4.69) is 9.97 Å². The van der Waals surface area contributed by atoms with E-state index in [0.717, 1.165) is 28.2 Å². The lowest BCUT2D eigenvalue weighted by molar-refractivity contribution is 0.340. The van der Waals surface area contributed by atoms with Gasteiger partial charge in [-0.2, -0.15) is 0 Å². The highest BCUT2D eigenvalue weighted by atomic mass is 16.5. The van der Waals surface area contributed by atoms with E-state index in [1.807, 2.05) is 44.2 Å². The number of phenolic OH excluding ortho intramolecular Hbond substituents is 1. The second-order valence-corrected chi connectivity index (χ2v) is 5.06. The maximum Gasteiger partial charge on any atom is 0.143 e. The van der Waals surface area contributed by atoms with Crippen molar-refractivity contribution in [3.05, 3.63) is 53.3 Å². The normalized spacial score (nSPS) is 11.0. The van der Waals surface area contributed by atoms with Crippen LogP contribution < -0.4 is 4.74 Å². The van der Waals surface area contributed by atoms with Crippen LogP contribution in [0.2, 0.25) is 0 Å². The molecule has 0 aliphatic carbocycles. The van der Waals surface area contributed by atoms with E-state index in [1.54, 1.807) is 6.07 Å². The monoisotopic (exact) mass is 282 g/mol. The maximum absolute atomic E-state index is 9.87. The van der Waals surface area contributed by atoms with Gasteiger partial charge in [0.2, 0.25) is 0 Å². The van der Waals surface area contributed by atoms with E-state index in [-0.39, 0.29) is 5.75 Å². The zero-order valence-electron chi connectivity index (χ0n) is 12.2. The Bertz CT molecular complexity index is 721. The molecule has 0 aliphatic heterocycles. The molecule has 2 N–H and O–H groups in total. The highest BCUT2D eigenvalue weighted by Crippen LogP contribution is 2.26. The van der Waals surface area contributed by atoms with E-state index in [0.29, 0.717) is 18.5 Å². The Hall–Kier alpha value is -2.49. The molecule has 1 aromatic heterocycles. The predicted octanol–water partition coefficient (Wildman–Crippen LogP) is 3.57. The first-order valence-electron chi connectivity index (χ1n) is 7.06. The number of nitrogens with zero attached hydrogens (tertiary/aromatic N) is 1. The molecule has 4 heteroatoms. The van der Waals surface area contributed by atoms with Gasteiger partial charge in [0.1, 0.15) is 22.8 Å². The quantitative estimate of drug-likeness (QED) is 0.769. The van der Waals surface area contributed by atoms with Gasteiger partial charge in [0.15, 0.2) is 0 Å². The Morgan fingerprint density at radius 1 is 1.14 bits per heavy atom. The second kappa shape index (κ2) is 5.48. The summed E-state index contributed by atoms with van der Waals surface area (Å²) >= 11 is 0. The van der Waals surface area contributed by atoms with Crippen LogP contribution >= 0.6 is 0 Å². The molecule has 3 aromatic rings. The number of hydrogen-bond donors (Lipinski definition) is 2. The third-order valence-corrected chi connectivity index (χ3v) is 3.49. The van der Waals surface area contributed by atoms with Crippen LogP contribution in [0.3, 0.4) is 0 Å². The molecule has 0 radical (unpaired) electrons. The number of aryl methyl sites for hydroxylation is 1. The van der Waals surface area contributed by atoms with Gasteiger partial charge < -0.3 is 14.8 Å². The Morgan fingerprint density at radius 3 is 2.57 bits per heavy atom. The van der Waals surface area contributed by atoms with Gasteiger partial charge in [0.25, 0.3) is 0 Å². The van der Waals surface area contributed by atoms with Crippen molar-refractivity contribution >= 4 is 11.0 Å². The minimum Gasteiger partial charge on any atom is -0.506 e. The smallest absolute Gasteiger partial charge is 0.143 e. The number of hydrogen-bond acceptors (Lipinski definition) is 3. The minimum absolute atomic E-state index is 0.213. The number of fused-ring (bicyclic) bond motifs is 1. The molecule has 0 aliphatic rings. The van der Waals surface area contributed by atoms with Crippen LogP contribution in [-0.4, -0.2) is 21.7 Å². The summed E-state index contributed by atoms with van der Waals surface area (Å²) < 4.78 is 5.43. The predicted molar refractivity (Wildman–Crippen MR) is 82.9 cm³/mol. The van der Waals surface area contributed by atoms with Crippen molar-refractivity contribution in [2.24, 2.45) is 0 Å². The maximum atomic E-state index is 9.87. The summed E-state index contributed by atoms with van der Waals surface area (Å²) in [6, 6.07) is 11.6. The molecule has 4 nitrogen and oxygen atoms in total. The largest absolute Gasteiger partial charge is 0.506 e. The molecule has 0 unspecified atom stereocenters. The van der Waals surface area contributed by atoms with Gasteiger partial charge in [-0.05, 0) is 43.2 Å². The molecule has 21 heavy (non-hydrogen) atoms. The van der Waals surface area contributed by atoms with Crippen LogP contribution in [0.25, 0.3) is 11.0 Å². The summed E-state index contributed by atoms with van der Waals surface area (Å²) in [5.41, 5.74) is 3.76. The van der Waals surface area contributed by atoms with Gasteiger partial charge in [-0.3, -0.25) is 0 Å². The van der Waals surface area contributed by atoms with Crippen molar-refractivity contribution in [1.82, 2.24) is 9.97 Å². The summed E-state index contributed by atoms with van der Waals surface area (Å²) in [6.07, 6.45) is 0.694. The van der Waals surface area contributed by atoms with Crippen molar-refractivity contribution in [1.29, 1.82) is 0 Å². The van der Waals surface area contributed by atoms with Crippen molar-refractivity contribution < 1.29 is 9.84 Å². The molecule has 0 saturated carbocycles. The summed E-state index contributed by atoms with van der Waals surface area (Å²) in [4.78, 5) is 7.78. The number of rotatable bonds is 4. The number of phenols is 1. The Kier molecular flexibility index (Phi) is 3.52. The molecule has 3 rings (SSSR count). The Balaban J connectivity index is 1.87. The molecule has 0 bridgehead atoms. The molecule has 1 heterocycles. The van der Waals surface area contributed by atoms with Crippen LogP contribution in [0.4, 0.5) is 0 Å². The number of imidazole rings is 1. The third-order valence-electron chi connectivity index (χ3n) is 3.49. The van der Waals surface area contributed by atoms with Crippen molar-refractivity contribution in [2.75, 3.05) is 6.61 Å². The average molecular weight is 282 g/mol. The van der Waals surface area contributed by atoms with Gasteiger partial charge in [0, 0.05) is 6.42 Å². The fourth-order valence-corrected chi connectivity index (χ4v) is 2.41. The first kappa shape index (κ1) is 13.5. The molecule has 0 fully saturated rings. The molecule has 0 spiro atoms. The molecule has 2 aromatic carbocycles. The number of aromatic nitrogens is 2. The van der Waals surface area contributed by atoms with Gasteiger partial charge >= 0.3 is 0 Å². The van der Waals surface area contributed by atoms with Gasteiger partial charge in [0.05, 0.1) is 12.1 Å². The number of nitrogens with one attached hydrogen (secondary N) is 1. The van der Waals surface area contributed by atoms with Crippen LogP contribution in [-0.2, 0) is 6.42 Å². The molecule has 0 saturated heterocycles. The van der Waals surface area contributed by atoms with Crippen molar-refractivity contribution in [3.8, 4) is 11.5 Å². The standard InChI is InChI=1S/C17H18N2O2/c1-3-21-13-7-5-12(6-8-13)10-15-18-16-11(2)4-9-14(20)17(16)19-15/h4-9,20H,3,10H2,1-2H3,(H,18,19). The van der Waals surface area contributed by atoms with E-state index in [1.165, 1.54) is 0 Å². The number of aromatic amines is 1. The lowest BCUT2D eigenvalue weighted by Crippen LogP contribution is -1.93. The van der Waals surface area contributed by atoms with Crippen molar-refractivity contribution in [3.63, 3.8) is 0 Å². The Labute approximate surface area is 123 Å². The first-order valence-corrected chi connectivity index (χ1v) is 7.06. The summed E-state index contributed by atoms with van der Waals surface area (Å²) in [7, 11) is 0.